The molecule has 3 heterocycles. The van der Waals surface area contributed by atoms with Crippen LogP contribution in [-0.4, -0.2) is 40.8 Å². The van der Waals surface area contributed by atoms with Crippen LogP contribution in [0.2, 0.25) is 0 Å². The van der Waals surface area contributed by atoms with Crippen LogP contribution in [0.3, 0.4) is 0 Å². The highest BCUT2D eigenvalue weighted by Crippen LogP contribution is 2.22. The van der Waals surface area contributed by atoms with Crippen molar-refractivity contribution in [3.63, 3.8) is 0 Å². The van der Waals surface area contributed by atoms with Gasteiger partial charge in [-0.25, -0.2) is 9.97 Å². The summed E-state index contributed by atoms with van der Waals surface area (Å²) in [5.74, 6) is 0.665. The molecule has 5 nitrogen and oxygen atoms in total. The molecule has 0 unspecified atom stereocenters. The number of hydrogen-bond acceptors (Lipinski definition) is 5. The van der Waals surface area contributed by atoms with Crippen LogP contribution in [0.1, 0.15) is 23.3 Å². The van der Waals surface area contributed by atoms with Crippen LogP contribution >= 0.6 is 0 Å². The summed E-state index contributed by atoms with van der Waals surface area (Å²) in [6.07, 6.45) is 1.80. The van der Waals surface area contributed by atoms with Crippen LogP contribution in [0.4, 0.5) is 5.82 Å². The van der Waals surface area contributed by atoms with E-state index in [2.05, 4.69) is 21.9 Å². The molecule has 22 heavy (non-hydrogen) atoms. The minimum absolute atomic E-state index is 0.0766. The summed E-state index contributed by atoms with van der Waals surface area (Å²) in [6, 6.07) is 10.9. The van der Waals surface area contributed by atoms with Crippen LogP contribution in [0, 0.1) is 5.92 Å². The Morgan fingerprint density at radius 3 is 2.41 bits per heavy atom. The Morgan fingerprint density at radius 1 is 1.09 bits per heavy atom. The number of hydrogen-bond donors (Lipinski definition) is 1. The number of rotatable bonds is 3. The first-order chi connectivity index (χ1) is 10.6. The Hall–Kier alpha value is -2.27. The lowest BCUT2D eigenvalue weighted by molar-refractivity contribution is 0.0851. The number of pyridine rings is 2. The van der Waals surface area contributed by atoms with Crippen molar-refractivity contribution in [1.82, 2.24) is 14.9 Å². The summed E-state index contributed by atoms with van der Waals surface area (Å²) in [4.78, 5) is 23.6. The highest BCUT2D eigenvalue weighted by atomic mass is 16.1. The first-order valence-corrected chi connectivity index (χ1v) is 7.56. The third-order valence-corrected chi connectivity index (χ3v) is 4.12. The highest BCUT2D eigenvalue weighted by molar-refractivity contribution is 5.96. The highest BCUT2D eigenvalue weighted by Gasteiger charge is 2.25. The van der Waals surface area contributed by atoms with Gasteiger partial charge in [-0.2, -0.15) is 0 Å². The number of carbonyl (C=O) groups is 1. The molecule has 0 saturated carbocycles. The van der Waals surface area contributed by atoms with Crippen molar-refractivity contribution in [2.45, 2.75) is 12.8 Å². The molecule has 2 N–H and O–H groups in total. The van der Waals surface area contributed by atoms with E-state index >= 15 is 0 Å². The summed E-state index contributed by atoms with van der Waals surface area (Å²) in [5.41, 5.74) is 7.62. The standard InChI is InChI=1S/C17H20N4O/c1-21-10-8-12(9-11-21)17(22)15-6-2-4-13(19-15)14-5-3-7-16(18)20-14/h2-7,12H,8-11H2,1H3,(H2,18,20). The van der Waals surface area contributed by atoms with E-state index in [-0.39, 0.29) is 11.7 Å². The molecule has 3 rings (SSSR count). The normalized spacial score (nSPS) is 16.6. The van der Waals surface area contributed by atoms with Crippen LogP contribution < -0.4 is 5.73 Å². The van der Waals surface area contributed by atoms with E-state index in [0.717, 1.165) is 25.9 Å². The molecule has 0 aliphatic carbocycles. The van der Waals surface area contributed by atoms with E-state index in [1.54, 1.807) is 12.1 Å². The van der Waals surface area contributed by atoms with Gasteiger partial charge in [0.25, 0.3) is 0 Å². The number of ketones is 1. The van der Waals surface area contributed by atoms with Crippen molar-refractivity contribution in [3.8, 4) is 11.4 Å². The second-order valence-electron chi connectivity index (χ2n) is 5.80. The molecule has 2 aromatic heterocycles. The number of nitrogens with two attached hydrogens (primary N) is 1. The van der Waals surface area contributed by atoms with Gasteiger partial charge in [0.2, 0.25) is 0 Å². The van der Waals surface area contributed by atoms with Crippen molar-refractivity contribution >= 4 is 11.6 Å². The quantitative estimate of drug-likeness (QED) is 0.880. The molecule has 0 spiro atoms. The fraction of sp³-hybridized carbons (Fsp3) is 0.353. The maximum absolute atomic E-state index is 12.6. The van der Waals surface area contributed by atoms with E-state index in [1.165, 1.54) is 0 Å². The summed E-state index contributed by atoms with van der Waals surface area (Å²) >= 11 is 0. The number of nitrogen functional groups attached to an aromatic ring is 1. The molecule has 0 amide bonds. The Labute approximate surface area is 130 Å². The zero-order chi connectivity index (χ0) is 15.5. The van der Waals surface area contributed by atoms with E-state index in [0.29, 0.717) is 22.9 Å². The predicted molar refractivity (Wildman–Crippen MR) is 86.4 cm³/mol. The smallest absolute Gasteiger partial charge is 0.184 e. The van der Waals surface area contributed by atoms with Crippen molar-refractivity contribution < 1.29 is 4.79 Å². The minimum atomic E-state index is 0.0766. The lowest BCUT2D eigenvalue weighted by atomic mass is 9.91. The fourth-order valence-corrected chi connectivity index (χ4v) is 2.79. The zero-order valence-electron chi connectivity index (χ0n) is 12.7. The molecule has 114 valence electrons. The molecular formula is C17H20N4O. The molecule has 1 aliphatic heterocycles. The zero-order valence-corrected chi connectivity index (χ0v) is 12.7. The van der Waals surface area contributed by atoms with E-state index in [1.807, 2.05) is 24.3 Å². The Bertz CT molecular complexity index is 678. The lowest BCUT2D eigenvalue weighted by Gasteiger charge is -2.27. The van der Waals surface area contributed by atoms with Gasteiger partial charge in [0.1, 0.15) is 11.5 Å². The van der Waals surface area contributed by atoms with Crippen molar-refractivity contribution in [3.05, 3.63) is 42.1 Å². The largest absolute Gasteiger partial charge is 0.384 e. The molecule has 0 atom stereocenters. The summed E-state index contributed by atoms with van der Waals surface area (Å²) in [7, 11) is 2.09. The monoisotopic (exact) mass is 296 g/mol. The summed E-state index contributed by atoms with van der Waals surface area (Å²) in [6.45, 7) is 1.93. The predicted octanol–water partition coefficient (Wildman–Crippen LogP) is 2.25. The van der Waals surface area contributed by atoms with Gasteiger partial charge in [0.05, 0.1) is 11.4 Å². The molecule has 0 aromatic carbocycles. The van der Waals surface area contributed by atoms with Crippen LogP contribution in [-0.2, 0) is 0 Å². The number of Topliss-reactive ketones (excluding diaryl/α,β-unsaturated/α-hetero) is 1. The second kappa shape index (κ2) is 6.23. The number of piperidine rings is 1. The van der Waals surface area contributed by atoms with Gasteiger partial charge in [0, 0.05) is 5.92 Å². The van der Waals surface area contributed by atoms with Crippen molar-refractivity contribution in [2.75, 3.05) is 25.9 Å². The molecule has 0 radical (unpaired) electrons. The summed E-state index contributed by atoms with van der Waals surface area (Å²) in [5, 5.41) is 0. The lowest BCUT2D eigenvalue weighted by Crippen LogP contribution is -2.33. The van der Waals surface area contributed by atoms with Gasteiger partial charge in [-0.1, -0.05) is 12.1 Å². The first kappa shape index (κ1) is 14.7. The summed E-state index contributed by atoms with van der Waals surface area (Å²) < 4.78 is 0. The van der Waals surface area contributed by atoms with E-state index < -0.39 is 0 Å². The van der Waals surface area contributed by atoms with E-state index in [9.17, 15) is 4.79 Å². The van der Waals surface area contributed by atoms with Gasteiger partial charge >= 0.3 is 0 Å². The third kappa shape index (κ3) is 3.14. The van der Waals surface area contributed by atoms with Gasteiger partial charge in [-0.3, -0.25) is 4.79 Å². The first-order valence-electron chi connectivity index (χ1n) is 7.56. The Balaban J connectivity index is 1.83. The maximum atomic E-state index is 12.6. The average molecular weight is 296 g/mol. The third-order valence-electron chi connectivity index (χ3n) is 4.12. The van der Waals surface area contributed by atoms with Crippen molar-refractivity contribution in [2.24, 2.45) is 5.92 Å². The Morgan fingerprint density at radius 2 is 1.73 bits per heavy atom. The maximum Gasteiger partial charge on any atom is 0.184 e. The minimum Gasteiger partial charge on any atom is -0.384 e. The van der Waals surface area contributed by atoms with Gasteiger partial charge in [0.15, 0.2) is 5.78 Å². The molecular weight excluding hydrogens is 276 g/mol. The second-order valence-corrected chi connectivity index (χ2v) is 5.80. The topological polar surface area (TPSA) is 72.1 Å². The molecule has 5 heteroatoms. The fourth-order valence-electron chi connectivity index (χ4n) is 2.79. The van der Waals surface area contributed by atoms with E-state index in [4.69, 9.17) is 5.73 Å². The SMILES string of the molecule is CN1CCC(C(=O)c2cccc(-c3cccc(N)n3)n2)CC1. The number of nitrogens with zero attached hydrogens (tertiary/aromatic N) is 3. The van der Waals surface area contributed by atoms with Gasteiger partial charge in [-0.05, 0) is 57.2 Å². The molecule has 1 aliphatic rings. The molecule has 0 bridgehead atoms. The number of carbonyl (C=O) groups excluding carboxylic acids is 1. The molecule has 1 fully saturated rings. The van der Waals surface area contributed by atoms with Crippen molar-refractivity contribution in [1.29, 1.82) is 0 Å². The Kier molecular flexibility index (Phi) is 4.15. The number of anilines is 1. The van der Waals surface area contributed by atoms with Crippen LogP contribution in [0.25, 0.3) is 11.4 Å². The number of aromatic nitrogens is 2. The van der Waals surface area contributed by atoms with Gasteiger partial charge in [-0.15, -0.1) is 0 Å². The van der Waals surface area contributed by atoms with Crippen LogP contribution in [0.15, 0.2) is 36.4 Å². The average Bonchev–Trinajstić information content (AvgIpc) is 2.55. The molecule has 1 saturated heterocycles. The number of likely N-dealkylation sites (tertiary alicyclic amines) is 1. The van der Waals surface area contributed by atoms with Crippen LogP contribution in [0.5, 0.6) is 0 Å². The van der Waals surface area contributed by atoms with Gasteiger partial charge < -0.3 is 10.6 Å². The molecule has 2 aromatic rings.